The molecule has 0 spiro atoms. The maximum Gasteiger partial charge on any atom is 0.263 e. The molecule has 0 aliphatic carbocycles. The van der Waals surface area contributed by atoms with Gasteiger partial charge in [-0.2, -0.15) is 0 Å². The molecule has 0 fully saturated rings. The number of hydrogen-bond donors (Lipinski definition) is 1. The molecule has 2 nitrogen and oxygen atoms in total. The predicted molar refractivity (Wildman–Crippen MR) is 76.5 cm³/mol. The summed E-state index contributed by atoms with van der Waals surface area (Å²) in [5.41, 5.74) is 2.10. The van der Waals surface area contributed by atoms with Crippen LogP contribution in [0.2, 0.25) is 5.02 Å². The predicted octanol–water partition coefficient (Wildman–Crippen LogP) is 4.07. The normalized spacial score (nSPS) is 10.3. The largest absolute Gasteiger partial charge is 0.347 e. The lowest BCUT2D eigenvalue weighted by Crippen LogP contribution is -2.22. The minimum absolute atomic E-state index is 0.142. The van der Waals surface area contributed by atoms with Crippen LogP contribution in [0.3, 0.4) is 0 Å². The average Bonchev–Trinajstić information content (AvgIpc) is 2.83. The molecule has 1 aromatic carbocycles. The van der Waals surface area contributed by atoms with Crippen LogP contribution in [-0.4, -0.2) is 5.91 Å². The zero-order chi connectivity index (χ0) is 13.0. The van der Waals surface area contributed by atoms with Crippen LogP contribution in [-0.2, 0) is 12.4 Å². The fraction of sp³-hybridized carbons (Fsp3) is 0.154. The SMILES string of the molecule is O=C(NCc1ccc(CCl)cc1)c1sccc1Cl. The van der Waals surface area contributed by atoms with E-state index in [4.69, 9.17) is 23.2 Å². The van der Waals surface area contributed by atoms with Gasteiger partial charge in [-0.3, -0.25) is 4.79 Å². The highest BCUT2D eigenvalue weighted by Gasteiger charge is 2.10. The molecular weight excluding hydrogens is 289 g/mol. The van der Waals surface area contributed by atoms with Gasteiger partial charge in [0.15, 0.2) is 0 Å². The Morgan fingerprint density at radius 1 is 1.17 bits per heavy atom. The van der Waals surface area contributed by atoms with Crippen molar-refractivity contribution in [2.75, 3.05) is 0 Å². The third kappa shape index (κ3) is 3.25. The zero-order valence-corrected chi connectivity index (χ0v) is 11.8. The second-order valence-corrected chi connectivity index (χ2v) is 5.32. The molecule has 0 aliphatic rings. The molecular formula is C13H11Cl2NOS. The van der Waals surface area contributed by atoms with Crippen LogP contribution < -0.4 is 5.32 Å². The van der Waals surface area contributed by atoms with Crippen molar-refractivity contribution in [2.24, 2.45) is 0 Å². The van der Waals surface area contributed by atoms with E-state index in [1.165, 1.54) is 11.3 Å². The summed E-state index contributed by atoms with van der Waals surface area (Å²) in [5, 5.41) is 5.13. The second kappa shape index (κ2) is 6.23. The Kier molecular flexibility index (Phi) is 4.64. The lowest BCUT2D eigenvalue weighted by molar-refractivity contribution is 0.0955. The molecule has 0 saturated carbocycles. The molecule has 94 valence electrons. The van der Waals surface area contributed by atoms with Crippen molar-refractivity contribution in [3.8, 4) is 0 Å². The Bertz CT molecular complexity index is 536. The third-order valence-corrected chi connectivity index (χ3v) is 4.10. The number of benzene rings is 1. The van der Waals surface area contributed by atoms with E-state index in [1.54, 1.807) is 11.4 Å². The Balaban J connectivity index is 1.95. The van der Waals surface area contributed by atoms with Crippen molar-refractivity contribution >= 4 is 40.4 Å². The molecule has 1 N–H and O–H groups in total. The molecule has 0 atom stereocenters. The highest BCUT2D eigenvalue weighted by atomic mass is 35.5. The van der Waals surface area contributed by atoms with E-state index in [9.17, 15) is 4.79 Å². The van der Waals surface area contributed by atoms with Crippen LogP contribution >= 0.6 is 34.5 Å². The summed E-state index contributed by atoms with van der Waals surface area (Å²) in [6.45, 7) is 0.482. The molecule has 18 heavy (non-hydrogen) atoms. The molecule has 0 radical (unpaired) electrons. The van der Waals surface area contributed by atoms with Crippen LogP contribution in [0.15, 0.2) is 35.7 Å². The highest BCUT2D eigenvalue weighted by Crippen LogP contribution is 2.21. The van der Waals surface area contributed by atoms with Crippen LogP contribution in [0, 0.1) is 0 Å². The molecule has 1 aromatic heterocycles. The van der Waals surface area contributed by atoms with Gasteiger partial charge in [0.25, 0.3) is 5.91 Å². The van der Waals surface area contributed by atoms with Crippen molar-refractivity contribution in [1.82, 2.24) is 5.32 Å². The Morgan fingerprint density at radius 2 is 1.83 bits per heavy atom. The number of hydrogen-bond acceptors (Lipinski definition) is 2. The molecule has 0 bridgehead atoms. The van der Waals surface area contributed by atoms with Crippen molar-refractivity contribution < 1.29 is 4.79 Å². The summed E-state index contributed by atoms with van der Waals surface area (Å²) in [6.07, 6.45) is 0. The molecule has 0 saturated heterocycles. The minimum atomic E-state index is -0.142. The number of carbonyl (C=O) groups is 1. The number of alkyl halides is 1. The molecule has 5 heteroatoms. The van der Waals surface area contributed by atoms with E-state index < -0.39 is 0 Å². The van der Waals surface area contributed by atoms with Gasteiger partial charge in [-0.1, -0.05) is 35.9 Å². The van der Waals surface area contributed by atoms with Gasteiger partial charge >= 0.3 is 0 Å². The van der Waals surface area contributed by atoms with Gasteiger partial charge < -0.3 is 5.32 Å². The number of nitrogens with one attached hydrogen (secondary N) is 1. The quantitative estimate of drug-likeness (QED) is 0.847. The fourth-order valence-electron chi connectivity index (χ4n) is 1.46. The average molecular weight is 300 g/mol. The maximum atomic E-state index is 11.8. The standard InChI is InChI=1S/C13H11Cl2NOS/c14-7-9-1-3-10(4-2-9)8-16-13(17)12-11(15)5-6-18-12/h1-6H,7-8H2,(H,16,17). The number of rotatable bonds is 4. The summed E-state index contributed by atoms with van der Waals surface area (Å²) in [5.74, 6) is 0.355. The summed E-state index contributed by atoms with van der Waals surface area (Å²) < 4.78 is 0. The van der Waals surface area contributed by atoms with E-state index >= 15 is 0 Å². The number of amides is 1. The number of carbonyl (C=O) groups excluding carboxylic acids is 1. The lowest BCUT2D eigenvalue weighted by Gasteiger charge is -2.05. The first-order chi connectivity index (χ1) is 8.70. The molecule has 1 amide bonds. The Labute approximate surface area is 120 Å². The Hall–Kier alpha value is -1.03. The van der Waals surface area contributed by atoms with Gasteiger partial charge in [-0.15, -0.1) is 22.9 Å². The van der Waals surface area contributed by atoms with E-state index in [1.807, 2.05) is 24.3 Å². The summed E-state index contributed by atoms with van der Waals surface area (Å²) >= 11 is 12.9. The smallest absolute Gasteiger partial charge is 0.263 e. The number of thiophene rings is 1. The number of halogens is 2. The lowest BCUT2D eigenvalue weighted by atomic mass is 10.1. The van der Waals surface area contributed by atoms with Crippen molar-refractivity contribution in [3.63, 3.8) is 0 Å². The topological polar surface area (TPSA) is 29.1 Å². The first-order valence-corrected chi connectivity index (χ1v) is 7.15. The van der Waals surface area contributed by atoms with Crippen LogP contribution in [0.5, 0.6) is 0 Å². The summed E-state index contributed by atoms with van der Waals surface area (Å²) in [6, 6.07) is 9.53. The first-order valence-electron chi connectivity index (χ1n) is 5.35. The van der Waals surface area contributed by atoms with Gasteiger partial charge in [0.05, 0.1) is 5.02 Å². The van der Waals surface area contributed by atoms with Gasteiger partial charge in [0, 0.05) is 12.4 Å². The monoisotopic (exact) mass is 299 g/mol. The summed E-state index contributed by atoms with van der Waals surface area (Å²) in [7, 11) is 0. The second-order valence-electron chi connectivity index (χ2n) is 3.73. The molecule has 0 unspecified atom stereocenters. The molecule has 2 aromatic rings. The minimum Gasteiger partial charge on any atom is -0.347 e. The van der Waals surface area contributed by atoms with Crippen molar-refractivity contribution in [2.45, 2.75) is 12.4 Å². The first kappa shape index (κ1) is 13.4. The summed E-state index contributed by atoms with van der Waals surface area (Å²) in [4.78, 5) is 12.4. The zero-order valence-electron chi connectivity index (χ0n) is 9.45. The van der Waals surface area contributed by atoms with E-state index in [0.29, 0.717) is 22.3 Å². The van der Waals surface area contributed by atoms with Gasteiger partial charge in [-0.05, 0) is 22.6 Å². The van der Waals surface area contributed by atoms with Crippen molar-refractivity contribution in [3.05, 3.63) is 56.7 Å². The third-order valence-electron chi connectivity index (χ3n) is 2.45. The van der Waals surface area contributed by atoms with Crippen LogP contribution in [0.1, 0.15) is 20.8 Å². The fourth-order valence-corrected chi connectivity index (χ4v) is 2.70. The van der Waals surface area contributed by atoms with Crippen molar-refractivity contribution in [1.29, 1.82) is 0 Å². The van der Waals surface area contributed by atoms with Gasteiger partial charge in [0.2, 0.25) is 0 Å². The Morgan fingerprint density at radius 3 is 2.39 bits per heavy atom. The van der Waals surface area contributed by atoms with Crippen LogP contribution in [0.4, 0.5) is 0 Å². The maximum absolute atomic E-state index is 11.8. The highest BCUT2D eigenvalue weighted by molar-refractivity contribution is 7.12. The van der Waals surface area contributed by atoms with E-state index in [0.717, 1.165) is 11.1 Å². The molecule has 2 rings (SSSR count). The van der Waals surface area contributed by atoms with Crippen LogP contribution in [0.25, 0.3) is 0 Å². The molecule has 1 heterocycles. The van der Waals surface area contributed by atoms with E-state index in [-0.39, 0.29) is 5.91 Å². The van der Waals surface area contributed by atoms with E-state index in [2.05, 4.69) is 5.32 Å². The van der Waals surface area contributed by atoms with Gasteiger partial charge in [0.1, 0.15) is 4.88 Å². The van der Waals surface area contributed by atoms with Gasteiger partial charge in [-0.25, -0.2) is 0 Å². The molecule has 0 aliphatic heterocycles.